The molecule has 5 aromatic rings. The molecule has 7 rings (SSSR count). The van der Waals surface area contributed by atoms with Crippen molar-refractivity contribution < 1.29 is 26.7 Å². The molecule has 3 N–H and O–H groups in total. The number of sulfone groups is 1. The highest BCUT2D eigenvalue weighted by atomic mass is 32.2. The number of halogens is 2. The highest BCUT2D eigenvalue weighted by molar-refractivity contribution is 7.91. The van der Waals surface area contributed by atoms with Crippen molar-refractivity contribution in [2.45, 2.75) is 55.2 Å². The van der Waals surface area contributed by atoms with Crippen LogP contribution in [0.2, 0.25) is 0 Å². The molecule has 6 heterocycles. The number of benzene rings is 1. The highest BCUT2D eigenvalue weighted by Gasteiger charge is 2.46. The Morgan fingerprint density at radius 3 is 2.36 bits per heavy atom. The topological polar surface area (TPSA) is 174 Å². The van der Waals surface area contributed by atoms with E-state index in [0.29, 0.717) is 46.6 Å². The second-order valence-corrected chi connectivity index (χ2v) is 13.2. The van der Waals surface area contributed by atoms with Crippen LogP contribution in [0.3, 0.4) is 0 Å². The van der Waals surface area contributed by atoms with Gasteiger partial charge in [0, 0.05) is 47.1 Å². The van der Waals surface area contributed by atoms with Gasteiger partial charge in [-0.25, -0.2) is 18.4 Å². The zero-order chi connectivity index (χ0) is 31.5. The number of nitrogens with one attached hydrogen (secondary N) is 1. The number of hydrogen-bond acceptors (Lipinski definition) is 10. The number of piperidine rings is 1. The lowest BCUT2D eigenvalue weighted by Crippen LogP contribution is -2.46. The molecule has 3 atom stereocenters. The number of anilines is 1. The van der Waals surface area contributed by atoms with Gasteiger partial charge in [-0.05, 0) is 56.0 Å². The molecule has 45 heavy (non-hydrogen) atoms. The SMILES string of the molecule is CS(=O)(=O)c1c(C2C[C@H]3CC[C@@H](C2)N3C(=O)c2ncn[nH]2)nc2c(-c3ccc(-c4ccc(OC(F)F)cc4)nc3)cnn2c1N. The summed E-state index contributed by atoms with van der Waals surface area (Å²) in [6.07, 6.45) is 8.18. The summed E-state index contributed by atoms with van der Waals surface area (Å²) in [7, 11) is -3.80. The minimum atomic E-state index is -3.80. The fourth-order valence-electron chi connectivity index (χ4n) is 6.57. The minimum Gasteiger partial charge on any atom is -0.435 e. The second-order valence-electron chi connectivity index (χ2n) is 11.2. The highest BCUT2D eigenvalue weighted by Crippen LogP contribution is 2.45. The number of nitrogen functional groups attached to an aromatic ring is 1. The summed E-state index contributed by atoms with van der Waals surface area (Å²) in [5.74, 6) is -0.307. The predicted molar refractivity (Wildman–Crippen MR) is 157 cm³/mol. The lowest BCUT2D eigenvalue weighted by atomic mass is 9.87. The van der Waals surface area contributed by atoms with Crippen LogP contribution in [0, 0.1) is 0 Å². The van der Waals surface area contributed by atoms with Crippen molar-refractivity contribution in [3.8, 4) is 28.1 Å². The normalized spacial score (nSPS) is 19.8. The Balaban J connectivity index is 1.23. The molecule has 0 radical (unpaired) electrons. The molecule has 16 heteroatoms. The van der Waals surface area contributed by atoms with E-state index >= 15 is 0 Å². The zero-order valence-corrected chi connectivity index (χ0v) is 24.7. The van der Waals surface area contributed by atoms with E-state index < -0.39 is 16.4 Å². The standard InChI is InChI=1S/C29H27F2N9O4S/c1-45(42,43)24-23(17-10-18-5-6-19(11-17)39(18)28(41)26-34-14-35-38-26)37-27-21(13-36-40(27)25(24)32)16-4-9-22(33-12-16)15-2-7-20(8-3-15)44-29(30)31/h2-4,7-9,12-14,17-19,29H,5-6,10-11,32H2,1H3,(H,34,35,38)/t17?,18-,19+. The molecule has 1 amide bonds. The Bertz CT molecular complexity index is 1990. The average molecular weight is 636 g/mol. The number of fused-ring (bicyclic) bond motifs is 3. The van der Waals surface area contributed by atoms with Gasteiger partial charge in [0.15, 0.2) is 15.5 Å². The zero-order valence-electron chi connectivity index (χ0n) is 23.8. The maximum absolute atomic E-state index is 13.2. The smallest absolute Gasteiger partial charge is 0.387 e. The van der Waals surface area contributed by atoms with E-state index in [-0.39, 0.29) is 46.2 Å². The van der Waals surface area contributed by atoms with Crippen molar-refractivity contribution in [1.29, 1.82) is 0 Å². The largest absolute Gasteiger partial charge is 0.435 e. The number of ether oxygens (including phenoxy) is 1. The summed E-state index contributed by atoms with van der Waals surface area (Å²) in [6, 6.07) is 9.51. The van der Waals surface area contributed by atoms with Gasteiger partial charge in [-0.15, -0.1) is 0 Å². The number of rotatable bonds is 7. The Hall–Kier alpha value is -4.99. The van der Waals surface area contributed by atoms with Crippen molar-refractivity contribution in [3.05, 3.63) is 66.6 Å². The van der Waals surface area contributed by atoms with Gasteiger partial charge < -0.3 is 15.4 Å². The first-order valence-electron chi connectivity index (χ1n) is 14.2. The molecule has 1 aromatic carbocycles. The summed E-state index contributed by atoms with van der Waals surface area (Å²) in [5, 5.41) is 10.8. The van der Waals surface area contributed by atoms with Gasteiger partial charge in [0.1, 0.15) is 22.8 Å². The van der Waals surface area contributed by atoms with Gasteiger partial charge >= 0.3 is 6.61 Å². The Kier molecular flexibility index (Phi) is 6.95. The number of H-pyrrole nitrogens is 1. The lowest BCUT2D eigenvalue weighted by Gasteiger charge is -2.38. The van der Waals surface area contributed by atoms with Gasteiger partial charge in [0.25, 0.3) is 5.91 Å². The van der Waals surface area contributed by atoms with Gasteiger partial charge in [0.05, 0.1) is 17.6 Å². The number of carbonyl (C=O) groups is 1. The third-order valence-corrected chi connectivity index (χ3v) is 9.62. The molecule has 0 aliphatic carbocycles. The molecule has 1 unspecified atom stereocenters. The van der Waals surface area contributed by atoms with Crippen LogP contribution < -0.4 is 10.5 Å². The van der Waals surface area contributed by atoms with Gasteiger partial charge in [-0.2, -0.15) is 23.5 Å². The molecule has 2 saturated heterocycles. The molecule has 2 fully saturated rings. The van der Waals surface area contributed by atoms with Crippen LogP contribution in [0.4, 0.5) is 14.6 Å². The molecule has 2 bridgehead atoms. The first-order chi connectivity index (χ1) is 21.6. The molecule has 0 saturated carbocycles. The van der Waals surface area contributed by atoms with Crippen molar-refractivity contribution in [2.24, 2.45) is 0 Å². The van der Waals surface area contributed by atoms with E-state index in [2.05, 4.69) is 30.0 Å². The maximum Gasteiger partial charge on any atom is 0.387 e. The fraction of sp³-hybridized carbons (Fsp3) is 0.310. The molecule has 232 valence electrons. The molecule has 4 aromatic heterocycles. The van der Waals surface area contributed by atoms with E-state index in [9.17, 15) is 22.0 Å². The number of carbonyl (C=O) groups excluding carboxylic acids is 1. The average Bonchev–Trinajstić information content (AvgIpc) is 3.75. The first kappa shape index (κ1) is 28.8. The van der Waals surface area contributed by atoms with Gasteiger partial charge in [0.2, 0.25) is 5.82 Å². The summed E-state index contributed by atoms with van der Waals surface area (Å²) in [4.78, 5) is 28.4. The van der Waals surface area contributed by atoms with Crippen LogP contribution in [0.25, 0.3) is 28.0 Å². The molecule has 2 aliphatic heterocycles. The fourth-order valence-corrected chi connectivity index (χ4v) is 7.63. The quantitative estimate of drug-likeness (QED) is 0.268. The summed E-state index contributed by atoms with van der Waals surface area (Å²) in [6.45, 7) is -2.91. The van der Waals surface area contributed by atoms with Gasteiger partial charge in [-0.3, -0.25) is 14.9 Å². The van der Waals surface area contributed by atoms with E-state index in [1.807, 2.05) is 11.0 Å². The monoisotopic (exact) mass is 635 g/mol. The number of nitrogens with two attached hydrogens (primary N) is 1. The van der Waals surface area contributed by atoms with Crippen LogP contribution >= 0.6 is 0 Å². The molecule has 13 nitrogen and oxygen atoms in total. The minimum absolute atomic E-state index is 0.0352. The number of nitrogens with zero attached hydrogens (tertiary/aromatic N) is 7. The summed E-state index contributed by atoms with van der Waals surface area (Å²) in [5.41, 5.74) is 9.82. The van der Waals surface area contributed by atoms with Crippen molar-refractivity contribution in [1.82, 2.24) is 39.7 Å². The van der Waals surface area contributed by atoms with E-state index in [4.69, 9.17) is 10.7 Å². The van der Waals surface area contributed by atoms with Gasteiger partial charge in [-0.1, -0.05) is 6.07 Å². The third-order valence-electron chi connectivity index (χ3n) is 8.46. The Morgan fingerprint density at radius 1 is 1.04 bits per heavy atom. The number of aromatic nitrogens is 7. The molecule has 2 aliphatic rings. The number of amides is 1. The third kappa shape index (κ3) is 5.13. The van der Waals surface area contributed by atoms with E-state index in [1.54, 1.807) is 30.6 Å². The molecule has 0 spiro atoms. The number of hydrogen-bond donors (Lipinski definition) is 2. The summed E-state index contributed by atoms with van der Waals surface area (Å²) >= 11 is 0. The number of pyridine rings is 1. The van der Waals surface area contributed by atoms with Crippen LogP contribution in [0.1, 0.15) is 47.9 Å². The van der Waals surface area contributed by atoms with Crippen molar-refractivity contribution in [3.63, 3.8) is 0 Å². The van der Waals surface area contributed by atoms with E-state index in [0.717, 1.165) is 19.1 Å². The molecular weight excluding hydrogens is 608 g/mol. The maximum atomic E-state index is 13.2. The van der Waals surface area contributed by atoms with Crippen LogP contribution in [0.5, 0.6) is 5.75 Å². The van der Waals surface area contributed by atoms with Crippen LogP contribution in [0.15, 0.2) is 60.0 Å². The molecular formula is C29H27F2N9O4S. The van der Waals surface area contributed by atoms with E-state index in [1.165, 1.54) is 23.0 Å². The summed E-state index contributed by atoms with van der Waals surface area (Å²) < 4.78 is 56.9. The predicted octanol–water partition coefficient (Wildman–Crippen LogP) is 3.71. The van der Waals surface area contributed by atoms with Crippen LogP contribution in [-0.2, 0) is 9.84 Å². The lowest BCUT2D eigenvalue weighted by molar-refractivity contribution is -0.0498. The number of alkyl halides is 2. The van der Waals surface area contributed by atoms with Crippen molar-refractivity contribution >= 4 is 27.2 Å². The first-order valence-corrected chi connectivity index (χ1v) is 16.0. The van der Waals surface area contributed by atoms with Crippen molar-refractivity contribution in [2.75, 3.05) is 12.0 Å². The Labute approximate surface area is 255 Å². The number of aromatic amines is 1. The van der Waals surface area contributed by atoms with Crippen LogP contribution in [-0.4, -0.2) is 78.9 Å². The Morgan fingerprint density at radius 2 is 1.76 bits per heavy atom. The second kappa shape index (κ2) is 10.9.